The molecule has 0 spiro atoms. The second-order valence-electron chi connectivity index (χ2n) is 4.22. The molecule has 0 fully saturated rings. The highest BCUT2D eigenvalue weighted by atomic mass is 32.1. The summed E-state index contributed by atoms with van der Waals surface area (Å²) in [6, 6.07) is 1.82. The van der Waals surface area contributed by atoms with Gasteiger partial charge in [-0.05, 0) is 31.0 Å². The number of nitrogens with one attached hydrogen (secondary N) is 2. The smallest absolute Gasteiger partial charge is 0.258 e. The first-order valence-electron chi connectivity index (χ1n) is 5.44. The molecular formula is C12H11N3O2S. The van der Waals surface area contributed by atoms with Crippen LogP contribution in [0.15, 0.2) is 21.7 Å². The summed E-state index contributed by atoms with van der Waals surface area (Å²) in [5, 5.41) is 9.65. The van der Waals surface area contributed by atoms with E-state index in [1.807, 2.05) is 19.9 Å². The molecule has 2 aromatic rings. The average molecular weight is 261 g/mol. The molecule has 0 aliphatic carbocycles. The number of nitrogens with zero attached hydrogens (tertiary/aromatic N) is 1. The number of carbonyl (C=O) groups is 1. The molecule has 0 saturated carbocycles. The first-order valence-corrected chi connectivity index (χ1v) is 5.88. The van der Waals surface area contributed by atoms with Gasteiger partial charge in [-0.25, -0.2) is 0 Å². The maximum absolute atomic E-state index is 12.2. The Morgan fingerprint density at radius 1 is 1.22 bits per heavy atom. The van der Waals surface area contributed by atoms with E-state index in [1.54, 1.807) is 0 Å². The Morgan fingerprint density at radius 3 is 2.78 bits per heavy atom. The van der Waals surface area contributed by atoms with Crippen molar-refractivity contribution >= 4 is 35.7 Å². The molecule has 0 bridgehead atoms. The van der Waals surface area contributed by atoms with E-state index < -0.39 is 0 Å². The molecule has 0 radical (unpaired) electrons. The van der Waals surface area contributed by atoms with Crippen LogP contribution in [0.25, 0.3) is 0 Å². The van der Waals surface area contributed by atoms with Crippen LogP contribution in [0.2, 0.25) is 0 Å². The Morgan fingerprint density at radius 2 is 2.00 bits per heavy atom. The number of fused-ring (bicyclic) bond motifs is 2. The molecule has 1 aromatic carbocycles. The highest BCUT2D eigenvalue weighted by molar-refractivity contribution is 7.80. The standard InChI is InChI=1S/C12H11N3O2S/c1-5-6(2)10-7(3-9(5)18)13-11-8(4-17-15-11)14-12(10)16/h3-4,18H,1-2H3,(H,13,15)(H,14,16). The molecule has 1 aliphatic heterocycles. The van der Waals surface area contributed by atoms with Crippen LogP contribution in [0.3, 0.4) is 0 Å². The van der Waals surface area contributed by atoms with Gasteiger partial charge in [0, 0.05) is 4.90 Å². The number of rotatable bonds is 0. The van der Waals surface area contributed by atoms with Crippen LogP contribution in [0, 0.1) is 13.8 Å². The van der Waals surface area contributed by atoms with Crippen molar-refractivity contribution < 1.29 is 9.32 Å². The lowest BCUT2D eigenvalue weighted by atomic mass is 10.0. The van der Waals surface area contributed by atoms with E-state index in [0.717, 1.165) is 16.0 Å². The van der Waals surface area contributed by atoms with Gasteiger partial charge in [-0.2, -0.15) is 0 Å². The minimum absolute atomic E-state index is 0.173. The Hall–Kier alpha value is -1.95. The van der Waals surface area contributed by atoms with Crippen molar-refractivity contribution in [3.8, 4) is 0 Å². The van der Waals surface area contributed by atoms with Crippen LogP contribution in [0.5, 0.6) is 0 Å². The molecule has 3 rings (SSSR count). The van der Waals surface area contributed by atoms with E-state index in [2.05, 4.69) is 28.4 Å². The number of anilines is 3. The summed E-state index contributed by atoms with van der Waals surface area (Å²) in [6.45, 7) is 3.85. The maximum Gasteiger partial charge on any atom is 0.258 e. The Balaban J connectivity index is 2.26. The molecule has 18 heavy (non-hydrogen) atoms. The first-order chi connectivity index (χ1) is 8.58. The van der Waals surface area contributed by atoms with Crippen molar-refractivity contribution in [1.29, 1.82) is 0 Å². The van der Waals surface area contributed by atoms with Crippen LogP contribution < -0.4 is 10.6 Å². The third kappa shape index (κ3) is 1.49. The minimum atomic E-state index is -0.173. The zero-order valence-corrected chi connectivity index (χ0v) is 10.8. The number of thiol groups is 1. The molecule has 0 unspecified atom stereocenters. The van der Waals surface area contributed by atoms with Crippen LogP contribution in [0.4, 0.5) is 17.2 Å². The Labute approximate surface area is 109 Å². The van der Waals surface area contributed by atoms with Gasteiger partial charge < -0.3 is 15.2 Å². The summed E-state index contributed by atoms with van der Waals surface area (Å²) in [7, 11) is 0. The molecule has 0 atom stereocenters. The quantitative estimate of drug-likeness (QED) is 0.638. The molecule has 0 saturated heterocycles. The molecular weight excluding hydrogens is 250 g/mol. The third-order valence-electron chi connectivity index (χ3n) is 3.17. The number of carbonyl (C=O) groups excluding carboxylic acids is 1. The van der Waals surface area contributed by atoms with Crippen LogP contribution in [0.1, 0.15) is 21.5 Å². The predicted octanol–water partition coefficient (Wildman–Crippen LogP) is 2.89. The summed E-state index contributed by atoms with van der Waals surface area (Å²) >= 11 is 4.41. The van der Waals surface area contributed by atoms with Gasteiger partial charge in [0.25, 0.3) is 5.91 Å². The Bertz CT molecular complexity index is 664. The van der Waals surface area contributed by atoms with E-state index in [4.69, 9.17) is 4.52 Å². The van der Waals surface area contributed by atoms with Crippen molar-refractivity contribution in [1.82, 2.24) is 5.16 Å². The third-order valence-corrected chi connectivity index (χ3v) is 3.63. The fourth-order valence-electron chi connectivity index (χ4n) is 2.02. The van der Waals surface area contributed by atoms with Gasteiger partial charge in [-0.3, -0.25) is 4.79 Å². The summed E-state index contributed by atoms with van der Waals surface area (Å²) < 4.78 is 4.82. The second-order valence-corrected chi connectivity index (χ2v) is 4.71. The van der Waals surface area contributed by atoms with Crippen LogP contribution in [-0.2, 0) is 0 Å². The SMILES string of the molecule is Cc1c(S)cc2c(c1C)C(=O)Nc1conc1N2. The van der Waals surface area contributed by atoms with Gasteiger partial charge in [-0.1, -0.05) is 5.16 Å². The monoisotopic (exact) mass is 261 g/mol. The maximum atomic E-state index is 12.2. The summed E-state index contributed by atoms with van der Waals surface area (Å²) in [6.07, 6.45) is 1.40. The van der Waals surface area contributed by atoms with Crippen molar-refractivity contribution in [2.24, 2.45) is 0 Å². The van der Waals surface area contributed by atoms with Gasteiger partial charge in [0.1, 0.15) is 12.0 Å². The average Bonchev–Trinajstić information content (AvgIpc) is 2.68. The number of amides is 1. The lowest BCUT2D eigenvalue weighted by molar-refractivity contribution is 0.102. The number of hydrogen-bond donors (Lipinski definition) is 3. The zero-order valence-electron chi connectivity index (χ0n) is 9.87. The largest absolute Gasteiger partial charge is 0.360 e. The molecule has 1 aromatic heterocycles. The minimum Gasteiger partial charge on any atom is -0.360 e. The number of aromatic nitrogens is 1. The normalized spacial score (nSPS) is 13.2. The number of benzene rings is 1. The van der Waals surface area contributed by atoms with E-state index in [9.17, 15) is 4.79 Å². The second kappa shape index (κ2) is 3.78. The van der Waals surface area contributed by atoms with Gasteiger partial charge in [-0.15, -0.1) is 12.6 Å². The molecule has 2 N–H and O–H groups in total. The van der Waals surface area contributed by atoms with Crippen LogP contribution in [-0.4, -0.2) is 11.1 Å². The summed E-state index contributed by atoms with van der Waals surface area (Å²) in [5.74, 6) is 0.325. The van der Waals surface area contributed by atoms with E-state index in [-0.39, 0.29) is 5.91 Å². The van der Waals surface area contributed by atoms with E-state index >= 15 is 0 Å². The topological polar surface area (TPSA) is 67.2 Å². The lowest BCUT2D eigenvalue weighted by Crippen LogP contribution is -2.13. The molecule has 92 valence electrons. The number of hydrogen-bond acceptors (Lipinski definition) is 5. The highest BCUT2D eigenvalue weighted by Crippen LogP contribution is 2.35. The molecule has 2 heterocycles. The molecule has 1 amide bonds. The predicted molar refractivity (Wildman–Crippen MR) is 70.9 cm³/mol. The molecule has 6 heteroatoms. The molecule has 1 aliphatic rings. The van der Waals surface area contributed by atoms with Gasteiger partial charge in [0.15, 0.2) is 5.82 Å². The van der Waals surface area contributed by atoms with Gasteiger partial charge >= 0.3 is 0 Å². The summed E-state index contributed by atoms with van der Waals surface area (Å²) in [5.41, 5.74) is 3.74. The van der Waals surface area contributed by atoms with Gasteiger partial charge in [0.2, 0.25) is 0 Å². The highest BCUT2D eigenvalue weighted by Gasteiger charge is 2.24. The molecule has 5 nitrogen and oxygen atoms in total. The fraction of sp³-hybridized carbons (Fsp3) is 0.167. The Kier molecular flexibility index (Phi) is 2.34. The van der Waals surface area contributed by atoms with Crippen molar-refractivity contribution in [2.75, 3.05) is 10.6 Å². The van der Waals surface area contributed by atoms with Crippen molar-refractivity contribution in [3.63, 3.8) is 0 Å². The van der Waals surface area contributed by atoms with Crippen LogP contribution >= 0.6 is 12.6 Å². The summed E-state index contributed by atoms with van der Waals surface area (Å²) in [4.78, 5) is 13.0. The van der Waals surface area contributed by atoms with Crippen molar-refractivity contribution in [2.45, 2.75) is 18.7 Å². The first kappa shape index (κ1) is 11.2. The lowest BCUT2D eigenvalue weighted by Gasteiger charge is -2.13. The van der Waals surface area contributed by atoms with E-state index in [1.165, 1.54) is 6.26 Å². The van der Waals surface area contributed by atoms with Crippen molar-refractivity contribution in [3.05, 3.63) is 29.0 Å². The van der Waals surface area contributed by atoms with Gasteiger partial charge in [0.05, 0.1) is 11.3 Å². The fourth-order valence-corrected chi connectivity index (χ4v) is 2.31. The van der Waals surface area contributed by atoms with E-state index in [0.29, 0.717) is 22.8 Å². The zero-order chi connectivity index (χ0) is 12.9.